The topological polar surface area (TPSA) is 19.6 Å². The standard InChI is InChI=1S/C49H44N2O/c1-31-8-21-45(35(5)26-31)50(42-20-25-49-44(30-42)43-29-34(4)11-24-48(43)52-49)40-16-12-38(13-17-40)39-14-18-41(19-15-39)51(46-22-9-32(2)27-36(46)6)47-23-10-33(3)28-37(47)7/h8-30H,1-7H3. The first-order valence-electron chi connectivity index (χ1n) is 18.1. The van der Waals surface area contributed by atoms with Crippen molar-refractivity contribution in [2.75, 3.05) is 9.80 Å². The number of rotatable bonds is 7. The lowest BCUT2D eigenvalue weighted by Crippen LogP contribution is -2.13. The van der Waals surface area contributed by atoms with E-state index in [0.29, 0.717) is 0 Å². The quantitative estimate of drug-likeness (QED) is 0.167. The first kappa shape index (κ1) is 33.1. The first-order chi connectivity index (χ1) is 25.1. The Labute approximate surface area is 307 Å². The summed E-state index contributed by atoms with van der Waals surface area (Å²) in [5.74, 6) is 0. The molecule has 3 heteroatoms. The summed E-state index contributed by atoms with van der Waals surface area (Å²) in [7, 11) is 0. The molecule has 0 saturated heterocycles. The number of fused-ring (bicyclic) bond motifs is 3. The van der Waals surface area contributed by atoms with E-state index in [2.05, 4.69) is 198 Å². The second-order valence-electron chi connectivity index (χ2n) is 14.4. The van der Waals surface area contributed by atoms with Crippen LogP contribution in [0.2, 0.25) is 0 Å². The molecule has 8 aromatic rings. The van der Waals surface area contributed by atoms with E-state index in [1.807, 2.05) is 0 Å². The third-order valence-corrected chi connectivity index (χ3v) is 10.2. The molecule has 1 heterocycles. The summed E-state index contributed by atoms with van der Waals surface area (Å²) in [4.78, 5) is 4.75. The highest BCUT2D eigenvalue weighted by molar-refractivity contribution is 6.07. The summed E-state index contributed by atoms with van der Waals surface area (Å²) in [5, 5.41) is 2.27. The van der Waals surface area contributed by atoms with Crippen LogP contribution in [0.1, 0.15) is 38.9 Å². The van der Waals surface area contributed by atoms with Crippen LogP contribution in [0.25, 0.3) is 33.1 Å². The highest BCUT2D eigenvalue weighted by Gasteiger charge is 2.19. The largest absolute Gasteiger partial charge is 0.456 e. The molecule has 256 valence electrons. The summed E-state index contributed by atoms with van der Waals surface area (Å²) < 4.78 is 6.23. The first-order valence-corrected chi connectivity index (χ1v) is 18.1. The lowest BCUT2D eigenvalue weighted by Gasteiger charge is -2.29. The Kier molecular flexibility index (Phi) is 8.43. The Balaban J connectivity index is 1.17. The zero-order valence-electron chi connectivity index (χ0n) is 31.1. The van der Waals surface area contributed by atoms with Crippen LogP contribution in [-0.2, 0) is 0 Å². The zero-order valence-corrected chi connectivity index (χ0v) is 31.1. The van der Waals surface area contributed by atoms with Crippen molar-refractivity contribution in [2.45, 2.75) is 48.5 Å². The van der Waals surface area contributed by atoms with Crippen molar-refractivity contribution < 1.29 is 4.42 Å². The maximum atomic E-state index is 6.23. The number of hydrogen-bond acceptors (Lipinski definition) is 3. The molecule has 0 fully saturated rings. The molecule has 0 amide bonds. The number of anilines is 6. The molecule has 0 saturated carbocycles. The van der Waals surface area contributed by atoms with E-state index in [-0.39, 0.29) is 0 Å². The maximum Gasteiger partial charge on any atom is 0.135 e. The van der Waals surface area contributed by atoms with Crippen molar-refractivity contribution in [3.05, 3.63) is 178 Å². The maximum absolute atomic E-state index is 6.23. The minimum Gasteiger partial charge on any atom is -0.456 e. The van der Waals surface area contributed by atoms with Crippen molar-refractivity contribution in [3.8, 4) is 11.1 Å². The summed E-state index contributed by atoms with van der Waals surface area (Å²) in [6, 6.07) is 51.0. The van der Waals surface area contributed by atoms with Gasteiger partial charge in [-0.15, -0.1) is 0 Å². The third kappa shape index (κ3) is 6.13. The third-order valence-electron chi connectivity index (χ3n) is 10.2. The Morgan fingerprint density at radius 3 is 1.17 bits per heavy atom. The van der Waals surface area contributed by atoms with Crippen molar-refractivity contribution >= 4 is 56.1 Å². The molecule has 0 aliphatic heterocycles. The van der Waals surface area contributed by atoms with E-state index in [9.17, 15) is 0 Å². The van der Waals surface area contributed by atoms with Gasteiger partial charge in [0, 0.05) is 44.9 Å². The molecule has 0 spiro atoms. The number of hydrogen-bond donors (Lipinski definition) is 0. The van der Waals surface area contributed by atoms with E-state index in [1.54, 1.807) is 0 Å². The molecule has 0 unspecified atom stereocenters. The highest BCUT2D eigenvalue weighted by Crippen LogP contribution is 2.42. The lowest BCUT2D eigenvalue weighted by molar-refractivity contribution is 0.669. The average Bonchev–Trinajstić information content (AvgIpc) is 3.49. The molecule has 3 nitrogen and oxygen atoms in total. The number of furan rings is 1. The van der Waals surface area contributed by atoms with Gasteiger partial charge in [0.1, 0.15) is 11.2 Å². The Morgan fingerprint density at radius 1 is 0.327 bits per heavy atom. The van der Waals surface area contributed by atoms with Gasteiger partial charge in [-0.1, -0.05) is 89.0 Å². The van der Waals surface area contributed by atoms with E-state index in [1.165, 1.54) is 61.4 Å². The molecule has 52 heavy (non-hydrogen) atoms. The molecule has 7 aromatic carbocycles. The number of benzene rings is 7. The van der Waals surface area contributed by atoms with Crippen LogP contribution in [0.4, 0.5) is 34.1 Å². The Morgan fingerprint density at radius 2 is 0.692 bits per heavy atom. The molecule has 8 rings (SSSR count). The molecule has 0 aliphatic carbocycles. The second kappa shape index (κ2) is 13.2. The molecule has 0 aliphatic rings. The van der Waals surface area contributed by atoms with E-state index in [0.717, 1.165) is 44.7 Å². The molecule has 1 aromatic heterocycles. The predicted molar refractivity (Wildman–Crippen MR) is 222 cm³/mol. The molecule has 0 bridgehead atoms. The van der Waals surface area contributed by atoms with Crippen LogP contribution in [-0.4, -0.2) is 0 Å². The fourth-order valence-electron chi connectivity index (χ4n) is 7.63. The van der Waals surface area contributed by atoms with Gasteiger partial charge >= 0.3 is 0 Å². The van der Waals surface area contributed by atoms with Crippen molar-refractivity contribution in [3.63, 3.8) is 0 Å². The van der Waals surface area contributed by atoms with Crippen molar-refractivity contribution in [1.82, 2.24) is 0 Å². The number of aryl methyl sites for hydroxylation is 7. The zero-order chi connectivity index (χ0) is 36.1. The highest BCUT2D eigenvalue weighted by atomic mass is 16.3. The second-order valence-corrected chi connectivity index (χ2v) is 14.4. The molecule has 0 radical (unpaired) electrons. The van der Waals surface area contributed by atoms with E-state index < -0.39 is 0 Å². The minimum atomic E-state index is 0.900. The SMILES string of the molecule is Cc1ccc(N(c2ccc(-c3ccc(N(c4ccc(C)cc4C)c4ccc(C)cc4C)cc3)cc2)c2ccc3oc4ccc(C)cc4c3c2)c(C)c1. The van der Waals surface area contributed by atoms with Crippen LogP contribution in [0.3, 0.4) is 0 Å². The van der Waals surface area contributed by atoms with E-state index in [4.69, 9.17) is 4.42 Å². The van der Waals surface area contributed by atoms with Crippen LogP contribution in [0.5, 0.6) is 0 Å². The van der Waals surface area contributed by atoms with Gasteiger partial charge in [0.05, 0.1) is 0 Å². The smallest absolute Gasteiger partial charge is 0.135 e. The lowest BCUT2D eigenvalue weighted by atomic mass is 10.0. The average molecular weight is 677 g/mol. The summed E-state index contributed by atoms with van der Waals surface area (Å²) in [6.45, 7) is 15.2. The Hall–Kier alpha value is -6.06. The Bertz CT molecular complexity index is 2540. The summed E-state index contributed by atoms with van der Waals surface area (Å²) in [5.41, 5.74) is 19.8. The van der Waals surface area contributed by atoms with Gasteiger partial charge in [-0.3, -0.25) is 0 Å². The van der Waals surface area contributed by atoms with Crippen LogP contribution < -0.4 is 9.80 Å². The predicted octanol–water partition coefficient (Wildman–Crippen LogP) is 14.4. The van der Waals surface area contributed by atoms with Gasteiger partial charge in [-0.25, -0.2) is 0 Å². The van der Waals surface area contributed by atoms with Crippen molar-refractivity contribution in [2.24, 2.45) is 0 Å². The molecule has 0 atom stereocenters. The van der Waals surface area contributed by atoms with Gasteiger partial charge in [0.15, 0.2) is 0 Å². The van der Waals surface area contributed by atoms with E-state index >= 15 is 0 Å². The van der Waals surface area contributed by atoms with Gasteiger partial charge < -0.3 is 14.2 Å². The van der Waals surface area contributed by atoms with Crippen LogP contribution in [0, 0.1) is 48.5 Å². The normalized spacial score (nSPS) is 11.4. The van der Waals surface area contributed by atoms with Gasteiger partial charge in [-0.05, 0) is 149 Å². The van der Waals surface area contributed by atoms with Gasteiger partial charge in [0.25, 0.3) is 0 Å². The van der Waals surface area contributed by atoms with Gasteiger partial charge in [0.2, 0.25) is 0 Å². The van der Waals surface area contributed by atoms with Crippen LogP contribution in [0.15, 0.2) is 144 Å². The molecular weight excluding hydrogens is 633 g/mol. The minimum absolute atomic E-state index is 0.900. The van der Waals surface area contributed by atoms with Crippen LogP contribution >= 0.6 is 0 Å². The monoisotopic (exact) mass is 676 g/mol. The van der Waals surface area contributed by atoms with Gasteiger partial charge in [-0.2, -0.15) is 0 Å². The summed E-state index contributed by atoms with van der Waals surface area (Å²) >= 11 is 0. The molecule has 0 N–H and O–H groups in total. The fraction of sp³-hybridized carbons (Fsp3) is 0.143. The van der Waals surface area contributed by atoms with Crippen molar-refractivity contribution in [1.29, 1.82) is 0 Å². The summed E-state index contributed by atoms with van der Waals surface area (Å²) in [6.07, 6.45) is 0. The fourth-order valence-corrected chi connectivity index (χ4v) is 7.63. The number of nitrogens with zero attached hydrogens (tertiary/aromatic N) is 2. The molecular formula is C49H44N2O.